The number of carbonyl (C=O) groups excluding carboxylic acids is 1. The highest BCUT2D eigenvalue weighted by Gasteiger charge is 2.22. The van der Waals surface area contributed by atoms with Crippen molar-refractivity contribution in [2.45, 2.75) is 19.9 Å². The van der Waals surface area contributed by atoms with Crippen molar-refractivity contribution < 1.29 is 14.7 Å². The van der Waals surface area contributed by atoms with E-state index in [1.54, 1.807) is 0 Å². The minimum absolute atomic E-state index is 0.296. The summed E-state index contributed by atoms with van der Waals surface area (Å²) in [6.07, 6.45) is 0. The minimum atomic E-state index is -1.04. The lowest BCUT2D eigenvalue weighted by Crippen LogP contribution is -2.39. The summed E-state index contributed by atoms with van der Waals surface area (Å²) in [5.74, 6) is -2.13. The van der Waals surface area contributed by atoms with Gasteiger partial charge in [0, 0.05) is 0 Å². The normalized spacial score (nSPS) is 15.9. The van der Waals surface area contributed by atoms with Crippen LogP contribution in [0.1, 0.15) is 13.8 Å². The molecule has 0 aliphatic heterocycles. The van der Waals surface area contributed by atoms with Gasteiger partial charge < -0.3 is 10.8 Å². The van der Waals surface area contributed by atoms with Gasteiger partial charge in [0.1, 0.15) is 5.78 Å². The summed E-state index contributed by atoms with van der Waals surface area (Å²) in [4.78, 5) is 20.7. The van der Waals surface area contributed by atoms with Gasteiger partial charge in [-0.15, -0.1) is 0 Å². The van der Waals surface area contributed by atoms with Gasteiger partial charge in [-0.2, -0.15) is 0 Å². The van der Waals surface area contributed by atoms with Crippen molar-refractivity contribution in [2.75, 3.05) is 0 Å². The van der Waals surface area contributed by atoms with Gasteiger partial charge in [0.15, 0.2) is 0 Å². The highest BCUT2D eigenvalue weighted by atomic mass is 16.4. The fraction of sp³-hybridized carbons (Fsp3) is 0.667. The molecule has 0 aliphatic carbocycles. The summed E-state index contributed by atoms with van der Waals surface area (Å²) in [6, 6.07) is -0.877. The van der Waals surface area contributed by atoms with Gasteiger partial charge in [0.05, 0.1) is 12.0 Å². The third-order valence-corrected chi connectivity index (χ3v) is 1.40. The summed E-state index contributed by atoms with van der Waals surface area (Å²) in [5.41, 5.74) is 5.23. The third kappa shape index (κ3) is 2.14. The summed E-state index contributed by atoms with van der Waals surface area (Å²) in [5, 5.41) is 8.37. The Morgan fingerprint density at radius 2 is 1.90 bits per heavy atom. The minimum Gasteiger partial charge on any atom is -0.481 e. The molecule has 58 valence electrons. The Labute approximate surface area is 59.0 Å². The van der Waals surface area contributed by atoms with Crippen molar-refractivity contribution in [1.29, 1.82) is 0 Å². The van der Waals surface area contributed by atoms with Crippen molar-refractivity contribution in [2.24, 2.45) is 11.7 Å². The molecule has 0 aliphatic rings. The monoisotopic (exact) mass is 145 g/mol. The SMILES string of the molecule is CC(=O)[C@@H](N)[C@H](C)C(=O)O. The molecule has 0 heterocycles. The smallest absolute Gasteiger partial charge is 0.308 e. The van der Waals surface area contributed by atoms with Crippen molar-refractivity contribution in [1.82, 2.24) is 0 Å². The molecule has 0 aromatic carbocycles. The van der Waals surface area contributed by atoms with Gasteiger partial charge in [-0.05, 0) is 13.8 Å². The number of carbonyl (C=O) groups is 2. The molecular weight excluding hydrogens is 134 g/mol. The van der Waals surface area contributed by atoms with Crippen LogP contribution >= 0.6 is 0 Å². The molecule has 0 aromatic heterocycles. The van der Waals surface area contributed by atoms with E-state index in [2.05, 4.69) is 0 Å². The van der Waals surface area contributed by atoms with Crippen LogP contribution in [0, 0.1) is 5.92 Å². The van der Waals surface area contributed by atoms with Crippen LogP contribution in [0.25, 0.3) is 0 Å². The Morgan fingerprint density at radius 1 is 1.50 bits per heavy atom. The number of ketones is 1. The largest absolute Gasteiger partial charge is 0.481 e. The lowest BCUT2D eigenvalue weighted by atomic mass is 10.0. The molecule has 2 atom stereocenters. The fourth-order valence-corrected chi connectivity index (χ4v) is 0.506. The van der Waals surface area contributed by atoms with Gasteiger partial charge in [0.2, 0.25) is 0 Å². The number of rotatable bonds is 3. The first-order chi connectivity index (χ1) is 4.46. The molecule has 0 rings (SSSR count). The molecule has 4 heteroatoms. The van der Waals surface area contributed by atoms with Crippen molar-refractivity contribution >= 4 is 11.8 Å². The fourth-order valence-electron chi connectivity index (χ4n) is 0.506. The molecule has 0 fully saturated rings. The van der Waals surface area contributed by atoms with Crippen LogP contribution in [0.15, 0.2) is 0 Å². The number of carboxylic acids is 1. The molecular formula is C6H11NO3. The molecule has 0 amide bonds. The maximum absolute atomic E-state index is 10.5. The van der Waals surface area contributed by atoms with Crippen molar-refractivity contribution in [3.8, 4) is 0 Å². The third-order valence-electron chi connectivity index (χ3n) is 1.40. The van der Waals surface area contributed by atoms with Crippen molar-refractivity contribution in [3.63, 3.8) is 0 Å². The van der Waals surface area contributed by atoms with Gasteiger partial charge in [-0.3, -0.25) is 9.59 Å². The van der Waals surface area contributed by atoms with Gasteiger partial charge in [0.25, 0.3) is 0 Å². The van der Waals surface area contributed by atoms with E-state index in [1.807, 2.05) is 0 Å². The number of Topliss-reactive ketones (excluding diaryl/α,β-unsaturated/α-hetero) is 1. The number of aliphatic carboxylic acids is 1. The van der Waals surface area contributed by atoms with E-state index in [0.717, 1.165) is 0 Å². The Morgan fingerprint density at radius 3 is 2.00 bits per heavy atom. The molecule has 4 nitrogen and oxygen atoms in total. The first kappa shape index (κ1) is 9.10. The van der Waals surface area contributed by atoms with Gasteiger partial charge in [-0.1, -0.05) is 0 Å². The average molecular weight is 145 g/mol. The maximum Gasteiger partial charge on any atom is 0.308 e. The molecule has 10 heavy (non-hydrogen) atoms. The Bertz CT molecular complexity index is 137. The second kappa shape index (κ2) is 3.31. The van der Waals surface area contributed by atoms with E-state index < -0.39 is 17.9 Å². The van der Waals surface area contributed by atoms with E-state index in [1.165, 1.54) is 13.8 Å². The highest BCUT2D eigenvalue weighted by molar-refractivity contribution is 5.86. The van der Waals surface area contributed by atoms with Crippen LogP contribution in [0.5, 0.6) is 0 Å². The van der Waals surface area contributed by atoms with E-state index >= 15 is 0 Å². The van der Waals surface area contributed by atoms with E-state index in [0.29, 0.717) is 0 Å². The number of nitrogens with two attached hydrogens (primary N) is 1. The topological polar surface area (TPSA) is 80.4 Å². The molecule has 0 aromatic rings. The zero-order chi connectivity index (χ0) is 8.31. The Balaban J connectivity index is 4.07. The number of hydrogen-bond donors (Lipinski definition) is 2. The Kier molecular flexibility index (Phi) is 3.02. The van der Waals surface area contributed by atoms with E-state index in [4.69, 9.17) is 10.8 Å². The summed E-state index contributed by atoms with van der Waals surface area (Å²) >= 11 is 0. The first-order valence-corrected chi connectivity index (χ1v) is 2.95. The molecule has 0 bridgehead atoms. The summed E-state index contributed by atoms with van der Waals surface area (Å²) < 4.78 is 0. The second-order valence-electron chi connectivity index (χ2n) is 2.26. The molecule has 0 spiro atoms. The number of carboxylic acid groups (broad SMARTS) is 1. The molecule has 0 radical (unpaired) electrons. The quantitative estimate of drug-likeness (QED) is 0.567. The second-order valence-corrected chi connectivity index (χ2v) is 2.26. The summed E-state index contributed by atoms with van der Waals surface area (Å²) in [6.45, 7) is 2.69. The molecule has 3 N–H and O–H groups in total. The van der Waals surface area contributed by atoms with Gasteiger partial charge in [-0.25, -0.2) is 0 Å². The van der Waals surface area contributed by atoms with Crippen LogP contribution in [-0.2, 0) is 9.59 Å². The van der Waals surface area contributed by atoms with Crippen LogP contribution in [0.3, 0.4) is 0 Å². The highest BCUT2D eigenvalue weighted by Crippen LogP contribution is 2.00. The van der Waals surface area contributed by atoms with E-state index in [9.17, 15) is 9.59 Å². The number of hydrogen-bond acceptors (Lipinski definition) is 3. The average Bonchev–Trinajstić information content (AvgIpc) is 1.84. The lowest BCUT2D eigenvalue weighted by Gasteiger charge is -2.11. The predicted octanol–water partition coefficient (Wildman–Crippen LogP) is -0.377. The van der Waals surface area contributed by atoms with Gasteiger partial charge >= 0.3 is 5.97 Å². The lowest BCUT2D eigenvalue weighted by molar-refractivity contribution is -0.143. The first-order valence-electron chi connectivity index (χ1n) is 2.95. The predicted molar refractivity (Wildman–Crippen MR) is 35.5 cm³/mol. The van der Waals surface area contributed by atoms with Crippen LogP contribution < -0.4 is 5.73 Å². The molecule has 0 saturated heterocycles. The molecule has 0 saturated carbocycles. The van der Waals surface area contributed by atoms with E-state index in [-0.39, 0.29) is 5.78 Å². The zero-order valence-electron chi connectivity index (χ0n) is 6.00. The standard InChI is InChI=1S/C6H11NO3/c1-3(6(9)10)5(7)4(2)8/h3,5H,7H2,1-2H3,(H,9,10)/t3-,5-/m0/s1. The van der Waals surface area contributed by atoms with Crippen LogP contribution in [0.2, 0.25) is 0 Å². The van der Waals surface area contributed by atoms with Crippen molar-refractivity contribution in [3.05, 3.63) is 0 Å². The summed E-state index contributed by atoms with van der Waals surface area (Å²) in [7, 11) is 0. The Hall–Kier alpha value is -0.900. The van der Waals surface area contributed by atoms with Crippen LogP contribution in [-0.4, -0.2) is 22.9 Å². The zero-order valence-corrected chi connectivity index (χ0v) is 6.00. The van der Waals surface area contributed by atoms with Crippen LogP contribution in [0.4, 0.5) is 0 Å². The molecule has 0 unspecified atom stereocenters. The maximum atomic E-state index is 10.5.